The van der Waals surface area contributed by atoms with Crippen LogP contribution in [0.3, 0.4) is 0 Å². The highest BCUT2D eigenvalue weighted by Gasteiger charge is 2.21. The van der Waals surface area contributed by atoms with E-state index in [1.54, 1.807) is 0 Å². The molecule has 0 aromatic heterocycles. The molecule has 14 heavy (non-hydrogen) atoms. The standard InChI is InChI=1S/C12H16IN/c1-9(14-8-10-2-3-10)11-4-6-12(13)7-5-11/h4-7,9-10,14H,2-3,8H2,1H3/t9-/m1/s1. The molecule has 0 bridgehead atoms. The molecule has 1 nitrogen and oxygen atoms in total. The Morgan fingerprint density at radius 2 is 2.00 bits per heavy atom. The summed E-state index contributed by atoms with van der Waals surface area (Å²) in [6, 6.07) is 9.27. The highest BCUT2D eigenvalue weighted by atomic mass is 127. The van der Waals surface area contributed by atoms with E-state index in [1.165, 1.54) is 28.5 Å². The summed E-state index contributed by atoms with van der Waals surface area (Å²) in [5.74, 6) is 0.960. The summed E-state index contributed by atoms with van der Waals surface area (Å²) in [5, 5.41) is 3.58. The Hall–Kier alpha value is -0.0900. The van der Waals surface area contributed by atoms with Gasteiger partial charge in [-0.3, -0.25) is 0 Å². The summed E-state index contributed by atoms with van der Waals surface area (Å²) in [7, 11) is 0. The van der Waals surface area contributed by atoms with Gasteiger partial charge in [-0.15, -0.1) is 0 Å². The summed E-state index contributed by atoms with van der Waals surface area (Å²) in [4.78, 5) is 0. The van der Waals surface area contributed by atoms with Gasteiger partial charge in [0.05, 0.1) is 0 Å². The van der Waals surface area contributed by atoms with Crippen LogP contribution in [0.1, 0.15) is 31.4 Å². The largest absolute Gasteiger partial charge is 0.310 e. The van der Waals surface area contributed by atoms with Crippen LogP contribution in [0.4, 0.5) is 0 Å². The lowest BCUT2D eigenvalue weighted by Crippen LogP contribution is -2.20. The maximum Gasteiger partial charge on any atom is 0.0291 e. The smallest absolute Gasteiger partial charge is 0.0291 e. The maximum atomic E-state index is 3.58. The molecule has 1 aliphatic carbocycles. The maximum absolute atomic E-state index is 3.58. The fourth-order valence-electron chi connectivity index (χ4n) is 1.53. The van der Waals surface area contributed by atoms with Gasteiger partial charge in [0, 0.05) is 9.61 Å². The van der Waals surface area contributed by atoms with Crippen LogP contribution in [0.5, 0.6) is 0 Å². The van der Waals surface area contributed by atoms with Gasteiger partial charge in [0.1, 0.15) is 0 Å². The molecule has 1 fully saturated rings. The van der Waals surface area contributed by atoms with Gasteiger partial charge >= 0.3 is 0 Å². The average molecular weight is 301 g/mol. The third-order valence-electron chi connectivity index (χ3n) is 2.78. The molecule has 0 aliphatic heterocycles. The molecule has 1 N–H and O–H groups in total. The van der Waals surface area contributed by atoms with Gasteiger partial charge in [-0.25, -0.2) is 0 Å². The molecule has 0 amide bonds. The summed E-state index contributed by atoms with van der Waals surface area (Å²) >= 11 is 2.34. The summed E-state index contributed by atoms with van der Waals surface area (Å²) in [5.41, 5.74) is 1.39. The van der Waals surface area contributed by atoms with Gasteiger partial charge in [0.25, 0.3) is 0 Å². The van der Waals surface area contributed by atoms with E-state index in [-0.39, 0.29) is 0 Å². The Morgan fingerprint density at radius 3 is 2.57 bits per heavy atom. The minimum absolute atomic E-state index is 0.493. The fourth-order valence-corrected chi connectivity index (χ4v) is 1.89. The number of halogens is 1. The number of benzene rings is 1. The molecule has 1 saturated carbocycles. The summed E-state index contributed by atoms with van der Waals surface area (Å²) < 4.78 is 1.31. The first-order valence-electron chi connectivity index (χ1n) is 5.24. The topological polar surface area (TPSA) is 12.0 Å². The van der Waals surface area contributed by atoms with E-state index in [2.05, 4.69) is 59.1 Å². The Labute approximate surface area is 99.4 Å². The van der Waals surface area contributed by atoms with Crippen LogP contribution in [0.2, 0.25) is 0 Å². The van der Waals surface area contributed by atoms with Crippen molar-refractivity contribution >= 4 is 22.6 Å². The van der Waals surface area contributed by atoms with Crippen molar-refractivity contribution in [3.05, 3.63) is 33.4 Å². The average Bonchev–Trinajstić information content (AvgIpc) is 2.99. The fraction of sp³-hybridized carbons (Fsp3) is 0.500. The second-order valence-corrected chi connectivity index (χ2v) is 5.37. The Balaban J connectivity index is 1.88. The lowest BCUT2D eigenvalue weighted by atomic mass is 10.1. The van der Waals surface area contributed by atoms with Gasteiger partial charge in [-0.05, 0) is 72.5 Å². The van der Waals surface area contributed by atoms with E-state index in [9.17, 15) is 0 Å². The molecule has 76 valence electrons. The molecular formula is C12H16IN. The third-order valence-corrected chi connectivity index (χ3v) is 3.50. The van der Waals surface area contributed by atoms with Crippen LogP contribution < -0.4 is 5.32 Å². The van der Waals surface area contributed by atoms with E-state index in [0.717, 1.165) is 5.92 Å². The molecule has 1 atom stereocenters. The molecule has 1 aromatic carbocycles. The van der Waals surface area contributed by atoms with E-state index >= 15 is 0 Å². The van der Waals surface area contributed by atoms with Crippen molar-refractivity contribution in [2.24, 2.45) is 5.92 Å². The second-order valence-electron chi connectivity index (χ2n) is 4.12. The minimum Gasteiger partial charge on any atom is -0.310 e. The van der Waals surface area contributed by atoms with Crippen molar-refractivity contribution in [2.45, 2.75) is 25.8 Å². The highest BCUT2D eigenvalue weighted by Crippen LogP contribution is 2.28. The quantitative estimate of drug-likeness (QED) is 0.841. The zero-order chi connectivity index (χ0) is 9.97. The zero-order valence-electron chi connectivity index (χ0n) is 8.46. The van der Waals surface area contributed by atoms with Crippen LogP contribution in [0, 0.1) is 9.49 Å². The molecule has 0 unspecified atom stereocenters. The lowest BCUT2D eigenvalue weighted by molar-refractivity contribution is 0.549. The Morgan fingerprint density at radius 1 is 1.36 bits per heavy atom. The number of hydrogen-bond donors (Lipinski definition) is 1. The Kier molecular flexibility index (Phi) is 3.44. The van der Waals surface area contributed by atoms with Crippen molar-refractivity contribution in [2.75, 3.05) is 6.54 Å². The van der Waals surface area contributed by atoms with Crippen LogP contribution in [-0.4, -0.2) is 6.54 Å². The monoisotopic (exact) mass is 301 g/mol. The summed E-state index contributed by atoms with van der Waals surface area (Å²) in [6.45, 7) is 3.43. The van der Waals surface area contributed by atoms with Crippen molar-refractivity contribution < 1.29 is 0 Å². The van der Waals surface area contributed by atoms with Crippen LogP contribution >= 0.6 is 22.6 Å². The van der Waals surface area contributed by atoms with E-state index in [1.807, 2.05) is 0 Å². The zero-order valence-corrected chi connectivity index (χ0v) is 10.6. The van der Waals surface area contributed by atoms with E-state index in [4.69, 9.17) is 0 Å². The van der Waals surface area contributed by atoms with Crippen LogP contribution in [0.25, 0.3) is 0 Å². The van der Waals surface area contributed by atoms with E-state index < -0.39 is 0 Å². The van der Waals surface area contributed by atoms with Crippen molar-refractivity contribution in [3.8, 4) is 0 Å². The first-order chi connectivity index (χ1) is 6.75. The highest BCUT2D eigenvalue weighted by molar-refractivity contribution is 14.1. The number of rotatable bonds is 4. The molecule has 1 aliphatic rings. The molecule has 2 heteroatoms. The van der Waals surface area contributed by atoms with Gasteiger partial charge in [-0.2, -0.15) is 0 Å². The molecule has 0 spiro atoms. The number of nitrogens with one attached hydrogen (secondary N) is 1. The SMILES string of the molecule is C[C@@H](NCC1CC1)c1ccc(I)cc1. The van der Waals surface area contributed by atoms with Crippen molar-refractivity contribution in [1.29, 1.82) is 0 Å². The number of hydrogen-bond acceptors (Lipinski definition) is 1. The van der Waals surface area contributed by atoms with Gasteiger partial charge < -0.3 is 5.32 Å². The predicted octanol–water partition coefficient (Wildman–Crippen LogP) is 3.35. The Bertz CT molecular complexity index is 290. The first-order valence-corrected chi connectivity index (χ1v) is 6.32. The molecule has 2 rings (SSSR count). The van der Waals surface area contributed by atoms with Crippen LogP contribution in [0.15, 0.2) is 24.3 Å². The summed E-state index contributed by atoms with van der Waals surface area (Å²) in [6.07, 6.45) is 2.85. The second kappa shape index (κ2) is 4.62. The van der Waals surface area contributed by atoms with Crippen molar-refractivity contribution in [1.82, 2.24) is 5.32 Å². The van der Waals surface area contributed by atoms with Gasteiger partial charge in [-0.1, -0.05) is 12.1 Å². The molecule has 0 heterocycles. The lowest BCUT2D eigenvalue weighted by Gasteiger charge is -2.13. The molecule has 0 saturated heterocycles. The van der Waals surface area contributed by atoms with E-state index in [0.29, 0.717) is 6.04 Å². The normalized spacial score (nSPS) is 18.1. The third kappa shape index (κ3) is 2.95. The molecular weight excluding hydrogens is 285 g/mol. The van der Waals surface area contributed by atoms with Crippen molar-refractivity contribution in [3.63, 3.8) is 0 Å². The predicted molar refractivity (Wildman–Crippen MR) is 68.3 cm³/mol. The van der Waals surface area contributed by atoms with Crippen LogP contribution in [-0.2, 0) is 0 Å². The van der Waals surface area contributed by atoms with Gasteiger partial charge in [0.2, 0.25) is 0 Å². The van der Waals surface area contributed by atoms with Gasteiger partial charge in [0.15, 0.2) is 0 Å². The molecule has 0 radical (unpaired) electrons. The molecule has 1 aromatic rings. The first kappa shape index (κ1) is 10.4. The minimum atomic E-state index is 0.493.